The van der Waals surface area contributed by atoms with Crippen molar-refractivity contribution in [1.82, 2.24) is 0 Å². The molecule has 0 aromatic heterocycles. The highest BCUT2D eigenvalue weighted by Gasteiger charge is 2.27. The van der Waals surface area contributed by atoms with Crippen molar-refractivity contribution in [3.8, 4) is 0 Å². The molecule has 11 nitrogen and oxygen atoms in total. The van der Waals surface area contributed by atoms with Gasteiger partial charge < -0.3 is 29.7 Å². The Morgan fingerprint density at radius 1 is 0.583 bits per heavy atom. The lowest BCUT2D eigenvalue weighted by Crippen LogP contribution is -2.29. The fourth-order valence-corrected chi connectivity index (χ4v) is 5.65. The predicted molar refractivity (Wildman–Crippen MR) is 243 cm³/mol. The molecule has 0 spiro atoms. The lowest BCUT2D eigenvalue weighted by atomic mass is 10.1. The second kappa shape index (κ2) is 42.0. The average molecular weight is 859 g/mol. The summed E-state index contributed by atoms with van der Waals surface area (Å²) in [6.45, 7) is 1.96. The number of aliphatic hydroxyl groups excluding tert-OH is 3. The van der Waals surface area contributed by atoms with Gasteiger partial charge in [0.1, 0.15) is 12.7 Å². The normalized spacial score (nSPS) is 15.5. The van der Waals surface area contributed by atoms with Crippen LogP contribution in [0.1, 0.15) is 123 Å². The first-order valence-electron chi connectivity index (χ1n) is 21.6. The first-order valence-corrected chi connectivity index (χ1v) is 23.1. The Hall–Kier alpha value is -3.67. The number of esters is 2. The van der Waals surface area contributed by atoms with Crippen LogP contribution in [-0.4, -0.2) is 76.9 Å². The number of hydrogen-bond donors (Lipinski definition) is 4. The maximum absolute atomic E-state index is 12.6. The summed E-state index contributed by atoms with van der Waals surface area (Å²) in [5, 5.41) is 28.4. The highest BCUT2D eigenvalue weighted by molar-refractivity contribution is 7.47. The van der Waals surface area contributed by atoms with E-state index in [2.05, 4.69) is 85.2 Å². The van der Waals surface area contributed by atoms with Gasteiger partial charge in [0.2, 0.25) is 0 Å². The van der Waals surface area contributed by atoms with Gasteiger partial charge in [0, 0.05) is 12.8 Å². The van der Waals surface area contributed by atoms with E-state index < -0.39 is 64.5 Å². The molecule has 12 heteroatoms. The number of unbranched alkanes of at least 4 members (excludes halogenated alkanes) is 4. The van der Waals surface area contributed by atoms with Crippen molar-refractivity contribution in [1.29, 1.82) is 0 Å². The maximum Gasteiger partial charge on any atom is 0.472 e. The molecule has 0 saturated heterocycles. The zero-order chi connectivity index (χ0) is 44.2. The van der Waals surface area contributed by atoms with Crippen molar-refractivity contribution in [3.05, 3.63) is 122 Å². The van der Waals surface area contributed by atoms with Gasteiger partial charge in [-0.3, -0.25) is 18.6 Å². The van der Waals surface area contributed by atoms with Crippen molar-refractivity contribution >= 4 is 19.8 Å². The Bertz CT molecular complexity index is 1420. The lowest BCUT2D eigenvalue weighted by molar-refractivity contribution is -0.161. The molecule has 60 heavy (non-hydrogen) atoms. The van der Waals surface area contributed by atoms with Gasteiger partial charge in [-0.15, -0.1) is 0 Å². The molecule has 4 atom stereocenters. The first-order chi connectivity index (χ1) is 29.1. The summed E-state index contributed by atoms with van der Waals surface area (Å²) in [6, 6.07) is 0. The molecule has 0 heterocycles. The summed E-state index contributed by atoms with van der Waals surface area (Å²) < 4.78 is 32.5. The van der Waals surface area contributed by atoms with Gasteiger partial charge in [-0.05, 0) is 83.5 Å². The van der Waals surface area contributed by atoms with E-state index in [0.717, 1.165) is 44.9 Å². The smallest absolute Gasteiger partial charge is 0.462 e. The zero-order valence-corrected chi connectivity index (χ0v) is 37.1. The molecule has 1 unspecified atom stereocenters. The molecule has 338 valence electrons. The molecule has 0 amide bonds. The standard InChI is InChI=1S/C48H75O11P/c1-3-5-7-9-11-12-13-14-15-16-17-18-19-20-21-22-26-30-34-38-47(52)56-42-46(43-58-60(54,55)57-41-45(51)40-49)59-48(53)39-35-31-27-24-23-25-29-33-37-44(50)36-32-28-10-8-6-4-2/h5,7,11-12,14-15,17-18,20-21,24-30,32-33,37,44-46,49-51H,3-4,6,8-10,13,16,19,22-23,31,34-36,38-43H2,1-2H3,(H,54,55)/b7-5-,12-11-,15-14-,18-17-,21-20-,27-24-,29-25-,30-26-,32-28-,37-33+/t44-,45-,46+/m0/s1. The van der Waals surface area contributed by atoms with Crippen molar-refractivity contribution < 1.29 is 52.9 Å². The van der Waals surface area contributed by atoms with Crippen LogP contribution in [0.4, 0.5) is 0 Å². The third-order valence-corrected chi connectivity index (χ3v) is 9.14. The Kier molecular flexibility index (Phi) is 39.5. The zero-order valence-electron chi connectivity index (χ0n) is 36.2. The summed E-state index contributed by atoms with van der Waals surface area (Å²) in [5.41, 5.74) is 0. The minimum atomic E-state index is -4.67. The van der Waals surface area contributed by atoms with Crippen LogP contribution in [0, 0.1) is 0 Å². The Balaban J connectivity index is 4.61. The number of carbonyl (C=O) groups is 2. The van der Waals surface area contributed by atoms with E-state index in [0.29, 0.717) is 32.1 Å². The molecule has 0 aliphatic carbocycles. The SMILES string of the molecule is CC/C=C\C/C=C\C/C=C\C/C=C\C/C=C\C/C=C\CCC(=O)OC[C@H](COP(=O)(O)OC[C@@H](O)CO)OC(=O)CCC/C=C\C/C=C\C=C\[C@@H](O)C/C=C\CCCCC. The van der Waals surface area contributed by atoms with E-state index in [1.54, 1.807) is 6.08 Å². The van der Waals surface area contributed by atoms with Crippen molar-refractivity contribution in [2.24, 2.45) is 0 Å². The van der Waals surface area contributed by atoms with Crippen LogP contribution >= 0.6 is 7.82 Å². The average Bonchev–Trinajstić information content (AvgIpc) is 3.23. The number of rotatable bonds is 38. The van der Waals surface area contributed by atoms with Gasteiger partial charge in [0.15, 0.2) is 6.10 Å². The highest BCUT2D eigenvalue weighted by Crippen LogP contribution is 2.43. The number of carbonyl (C=O) groups excluding carboxylic acids is 2. The Morgan fingerprint density at radius 2 is 1.12 bits per heavy atom. The highest BCUT2D eigenvalue weighted by atomic mass is 31.2. The van der Waals surface area contributed by atoms with E-state index in [-0.39, 0.29) is 12.8 Å². The van der Waals surface area contributed by atoms with E-state index in [1.807, 2.05) is 48.6 Å². The fourth-order valence-electron chi connectivity index (χ4n) is 4.86. The number of aliphatic hydroxyl groups is 3. The number of phosphoric acid groups is 1. The van der Waals surface area contributed by atoms with Crippen LogP contribution in [0.25, 0.3) is 0 Å². The van der Waals surface area contributed by atoms with Crippen LogP contribution in [0.3, 0.4) is 0 Å². The fraction of sp³-hybridized carbons (Fsp3) is 0.542. The van der Waals surface area contributed by atoms with Crippen LogP contribution in [-0.2, 0) is 32.7 Å². The number of ether oxygens (including phenoxy) is 2. The number of phosphoric ester groups is 1. The van der Waals surface area contributed by atoms with Crippen LogP contribution < -0.4 is 0 Å². The second-order valence-corrected chi connectivity index (χ2v) is 15.3. The summed E-state index contributed by atoms with van der Waals surface area (Å²) in [6.07, 6.45) is 50.7. The van der Waals surface area contributed by atoms with Crippen LogP contribution in [0.2, 0.25) is 0 Å². The van der Waals surface area contributed by atoms with Gasteiger partial charge in [-0.1, -0.05) is 148 Å². The summed E-state index contributed by atoms with van der Waals surface area (Å²) >= 11 is 0. The molecule has 0 aliphatic rings. The van der Waals surface area contributed by atoms with Crippen LogP contribution in [0.15, 0.2) is 122 Å². The molecule has 0 aromatic rings. The minimum Gasteiger partial charge on any atom is -0.462 e. The van der Waals surface area contributed by atoms with Crippen LogP contribution in [0.5, 0.6) is 0 Å². The summed E-state index contributed by atoms with van der Waals surface area (Å²) in [7, 11) is -4.67. The second-order valence-electron chi connectivity index (χ2n) is 13.8. The molecule has 4 N–H and O–H groups in total. The van der Waals surface area contributed by atoms with Crippen molar-refractivity contribution in [3.63, 3.8) is 0 Å². The van der Waals surface area contributed by atoms with Gasteiger partial charge in [-0.25, -0.2) is 4.57 Å². The largest absolute Gasteiger partial charge is 0.472 e. The lowest BCUT2D eigenvalue weighted by Gasteiger charge is -2.20. The molecule has 0 fully saturated rings. The number of hydrogen-bond acceptors (Lipinski definition) is 10. The number of allylic oxidation sites excluding steroid dienone is 18. The molecule has 0 aromatic carbocycles. The monoisotopic (exact) mass is 859 g/mol. The van der Waals surface area contributed by atoms with Crippen molar-refractivity contribution in [2.75, 3.05) is 26.4 Å². The molecular weight excluding hydrogens is 783 g/mol. The molecular formula is C48H75O11P. The topological polar surface area (TPSA) is 169 Å². The van der Waals surface area contributed by atoms with Gasteiger partial charge >= 0.3 is 19.8 Å². The van der Waals surface area contributed by atoms with Gasteiger partial charge in [0.25, 0.3) is 0 Å². The summed E-state index contributed by atoms with van der Waals surface area (Å²) in [5.74, 6) is -1.14. The molecule has 0 saturated carbocycles. The minimum absolute atomic E-state index is 0.0525. The predicted octanol–water partition coefficient (Wildman–Crippen LogP) is 10.5. The third-order valence-electron chi connectivity index (χ3n) is 8.19. The maximum atomic E-state index is 12.6. The molecule has 0 rings (SSSR count). The molecule has 0 radical (unpaired) electrons. The quantitative estimate of drug-likeness (QED) is 0.0153. The molecule has 0 aliphatic heterocycles. The third kappa shape index (κ3) is 41.1. The Morgan fingerprint density at radius 3 is 1.72 bits per heavy atom. The van der Waals surface area contributed by atoms with E-state index in [1.165, 1.54) is 19.3 Å². The van der Waals surface area contributed by atoms with E-state index >= 15 is 0 Å². The summed E-state index contributed by atoms with van der Waals surface area (Å²) in [4.78, 5) is 34.9. The van der Waals surface area contributed by atoms with Gasteiger partial charge in [-0.2, -0.15) is 0 Å². The first kappa shape index (κ1) is 56.3. The molecule has 0 bridgehead atoms. The Labute approximate surface area is 360 Å². The van der Waals surface area contributed by atoms with Crippen molar-refractivity contribution in [2.45, 2.75) is 141 Å². The van der Waals surface area contributed by atoms with Gasteiger partial charge in [0.05, 0.1) is 25.9 Å². The van der Waals surface area contributed by atoms with E-state index in [9.17, 15) is 29.3 Å². The van der Waals surface area contributed by atoms with E-state index in [4.69, 9.17) is 19.1 Å².